The lowest BCUT2D eigenvalue weighted by Crippen LogP contribution is -2.33. The average molecular weight is 513 g/mol. The molecule has 2 aromatic carbocycles. The fraction of sp³-hybridized carbons (Fsp3) is 0.581. The van der Waals surface area contributed by atoms with Crippen molar-refractivity contribution in [3.8, 4) is 11.5 Å². The molecule has 6 nitrogen and oxygen atoms in total. The Kier molecular flexibility index (Phi) is 13.7. The zero-order valence-corrected chi connectivity index (χ0v) is 23.4. The standard InChI is InChI=1S/C30H43NO4.CH5N/c1-24-14-4-8-18-27(24)35-28-19-9-7-17-26(28)30(33,21-11-13-23-34-3)20-10-12-22-31(2)29(32)25-15-5-6-16-25;1-2/h4,7-9,14,17-19,25,33H,5-6,10-13,15-16,20-23H2,1-3H3;2H2,1H3. The van der Waals surface area contributed by atoms with Gasteiger partial charge in [-0.05, 0) is 83.0 Å². The van der Waals surface area contributed by atoms with E-state index in [9.17, 15) is 9.90 Å². The van der Waals surface area contributed by atoms with Crippen LogP contribution in [0.5, 0.6) is 11.5 Å². The van der Waals surface area contributed by atoms with Gasteiger partial charge in [0.25, 0.3) is 0 Å². The zero-order valence-electron chi connectivity index (χ0n) is 23.4. The topological polar surface area (TPSA) is 85.0 Å². The molecule has 0 aliphatic heterocycles. The molecule has 1 atom stereocenters. The van der Waals surface area contributed by atoms with Gasteiger partial charge in [-0.1, -0.05) is 49.2 Å². The van der Waals surface area contributed by atoms with E-state index in [4.69, 9.17) is 9.47 Å². The second kappa shape index (κ2) is 16.4. The summed E-state index contributed by atoms with van der Waals surface area (Å²) in [4.78, 5) is 14.5. The maximum absolute atomic E-state index is 12.7. The van der Waals surface area contributed by atoms with Gasteiger partial charge in [-0.2, -0.15) is 0 Å². The van der Waals surface area contributed by atoms with E-state index in [0.29, 0.717) is 25.2 Å². The molecular weight excluding hydrogens is 464 g/mol. The fourth-order valence-electron chi connectivity index (χ4n) is 5.15. The molecule has 0 saturated heterocycles. The van der Waals surface area contributed by atoms with Gasteiger partial charge in [-0.25, -0.2) is 0 Å². The highest BCUT2D eigenvalue weighted by Crippen LogP contribution is 2.40. The average Bonchev–Trinajstić information content (AvgIpc) is 3.46. The molecule has 0 radical (unpaired) electrons. The van der Waals surface area contributed by atoms with Crippen molar-refractivity contribution in [3.63, 3.8) is 0 Å². The predicted octanol–water partition coefficient (Wildman–Crippen LogP) is 6.19. The summed E-state index contributed by atoms with van der Waals surface area (Å²) in [7, 11) is 5.13. The molecule has 2 aromatic rings. The van der Waals surface area contributed by atoms with Crippen LogP contribution in [0, 0.1) is 12.8 Å². The first-order valence-electron chi connectivity index (χ1n) is 13.8. The first kappa shape index (κ1) is 30.8. The number of ether oxygens (including phenoxy) is 2. The number of para-hydroxylation sites is 2. The van der Waals surface area contributed by atoms with Crippen molar-refractivity contribution in [2.75, 3.05) is 34.4 Å². The summed E-state index contributed by atoms with van der Waals surface area (Å²) in [5.41, 5.74) is 5.39. The van der Waals surface area contributed by atoms with E-state index in [1.807, 2.05) is 67.4 Å². The van der Waals surface area contributed by atoms with E-state index >= 15 is 0 Å². The van der Waals surface area contributed by atoms with Crippen LogP contribution in [0.1, 0.15) is 75.3 Å². The lowest BCUT2D eigenvalue weighted by Gasteiger charge is -2.31. The summed E-state index contributed by atoms with van der Waals surface area (Å²) in [6, 6.07) is 15.8. The van der Waals surface area contributed by atoms with Crippen molar-refractivity contribution < 1.29 is 19.4 Å². The van der Waals surface area contributed by atoms with E-state index in [2.05, 4.69) is 5.73 Å². The molecule has 1 saturated carbocycles. The molecule has 3 N–H and O–H groups in total. The Morgan fingerprint density at radius 3 is 2.22 bits per heavy atom. The number of benzene rings is 2. The maximum atomic E-state index is 12.7. The number of rotatable bonds is 14. The molecule has 6 heteroatoms. The first-order valence-corrected chi connectivity index (χ1v) is 13.8. The highest BCUT2D eigenvalue weighted by atomic mass is 16.5. The second-order valence-electron chi connectivity index (χ2n) is 10.0. The summed E-state index contributed by atoms with van der Waals surface area (Å²) in [6.07, 6.45) is 9.14. The Hall–Kier alpha value is -2.41. The number of nitrogens with zero attached hydrogens (tertiary/aromatic N) is 1. The smallest absolute Gasteiger partial charge is 0.225 e. The number of amides is 1. The Balaban J connectivity index is 0.00000235. The van der Waals surface area contributed by atoms with Gasteiger partial charge in [-0.3, -0.25) is 4.79 Å². The molecule has 206 valence electrons. The second-order valence-corrected chi connectivity index (χ2v) is 10.0. The van der Waals surface area contributed by atoms with Crippen molar-refractivity contribution in [3.05, 3.63) is 59.7 Å². The Morgan fingerprint density at radius 2 is 1.57 bits per heavy atom. The molecule has 0 bridgehead atoms. The van der Waals surface area contributed by atoms with Gasteiger partial charge < -0.3 is 25.2 Å². The first-order chi connectivity index (χ1) is 17.9. The van der Waals surface area contributed by atoms with E-state index < -0.39 is 5.60 Å². The normalized spacial score (nSPS) is 15.0. The van der Waals surface area contributed by atoms with E-state index in [0.717, 1.165) is 61.9 Å². The molecule has 0 spiro atoms. The van der Waals surface area contributed by atoms with Crippen LogP contribution in [0.3, 0.4) is 0 Å². The number of nitrogens with two attached hydrogens (primary N) is 1. The third-order valence-electron chi connectivity index (χ3n) is 7.31. The van der Waals surface area contributed by atoms with Gasteiger partial charge in [0.1, 0.15) is 11.5 Å². The number of unbranched alkanes of at least 4 members (excludes halogenated alkanes) is 2. The van der Waals surface area contributed by atoms with Crippen LogP contribution in [0.25, 0.3) is 0 Å². The minimum absolute atomic E-state index is 0.211. The Labute approximate surface area is 224 Å². The molecule has 1 amide bonds. The van der Waals surface area contributed by atoms with Gasteiger partial charge in [0, 0.05) is 38.8 Å². The van der Waals surface area contributed by atoms with Crippen molar-refractivity contribution >= 4 is 5.91 Å². The molecule has 3 rings (SSSR count). The molecule has 1 fully saturated rings. The number of hydrogen-bond donors (Lipinski definition) is 2. The van der Waals surface area contributed by atoms with E-state index in [1.54, 1.807) is 7.11 Å². The van der Waals surface area contributed by atoms with Crippen LogP contribution >= 0.6 is 0 Å². The monoisotopic (exact) mass is 512 g/mol. The number of methoxy groups -OCH3 is 1. The molecule has 0 aromatic heterocycles. The van der Waals surface area contributed by atoms with Crippen molar-refractivity contribution in [2.45, 2.75) is 76.7 Å². The quantitative estimate of drug-likeness (QED) is 0.295. The number of hydrogen-bond acceptors (Lipinski definition) is 5. The molecule has 37 heavy (non-hydrogen) atoms. The van der Waals surface area contributed by atoms with Crippen molar-refractivity contribution in [1.29, 1.82) is 0 Å². The summed E-state index contributed by atoms with van der Waals surface area (Å²) in [5, 5.41) is 12.0. The fourth-order valence-corrected chi connectivity index (χ4v) is 5.15. The number of carbonyl (C=O) groups excluding carboxylic acids is 1. The lowest BCUT2D eigenvalue weighted by molar-refractivity contribution is -0.134. The maximum Gasteiger partial charge on any atom is 0.225 e. The highest BCUT2D eigenvalue weighted by molar-refractivity contribution is 5.78. The largest absolute Gasteiger partial charge is 0.457 e. The van der Waals surface area contributed by atoms with Crippen LogP contribution in [-0.2, 0) is 15.1 Å². The molecule has 0 heterocycles. The van der Waals surface area contributed by atoms with Crippen LogP contribution in [-0.4, -0.2) is 50.3 Å². The van der Waals surface area contributed by atoms with Crippen molar-refractivity contribution in [2.24, 2.45) is 11.7 Å². The molecule has 1 aliphatic rings. The van der Waals surface area contributed by atoms with Gasteiger partial charge in [0.15, 0.2) is 0 Å². The summed E-state index contributed by atoms with van der Waals surface area (Å²) < 4.78 is 11.5. The van der Waals surface area contributed by atoms with Crippen LogP contribution in [0.4, 0.5) is 0 Å². The highest BCUT2D eigenvalue weighted by Gasteiger charge is 2.32. The zero-order chi connectivity index (χ0) is 27.1. The molecule has 1 aliphatic carbocycles. The number of aryl methyl sites for hydroxylation is 1. The minimum atomic E-state index is -0.999. The molecule has 1 unspecified atom stereocenters. The Bertz CT molecular complexity index is 929. The van der Waals surface area contributed by atoms with Crippen LogP contribution in [0.2, 0.25) is 0 Å². The van der Waals surface area contributed by atoms with Crippen LogP contribution in [0.15, 0.2) is 48.5 Å². The number of carbonyl (C=O) groups is 1. The third kappa shape index (κ3) is 9.44. The van der Waals surface area contributed by atoms with E-state index in [-0.39, 0.29) is 11.8 Å². The van der Waals surface area contributed by atoms with Gasteiger partial charge >= 0.3 is 0 Å². The Morgan fingerprint density at radius 1 is 0.973 bits per heavy atom. The summed E-state index contributed by atoms with van der Waals surface area (Å²) in [5.74, 6) is 2.00. The van der Waals surface area contributed by atoms with Gasteiger partial charge in [0.05, 0.1) is 5.60 Å². The molecular formula is C31H48N2O4. The van der Waals surface area contributed by atoms with E-state index in [1.165, 1.54) is 19.9 Å². The predicted molar refractivity (Wildman–Crippen MR) is 151 cm³/mol. The SMILES string of the molecule is CN.COCCCCC(O)(CCCCN(C)C(=O)C1CCCC1)c1ccccc1Oc1ccccc1C. The van der Waals surface area contributed by atoms with Crippen LogP contribution < -0.4 is 10.5 Å². The third-order valence-corrected chi connectivity index (χ3v) is 7.31. The lowest BCUT2D eigenvalue weighted by atomic mass is 9.83. The summed E-state index contributed by atoms with van der Waals surface area (Å²) >= 11 is 0. The van der Waals surface area contributed by atoms with Crippen molar-refractivity contribution in [1.82, 2.24) is 4.90 Å². The van der Waals surface area contributed by atoms with Gasteiger partial charge in [0.2, 0.25) is 5.91 Å². The summed E-state index contributed by atoms with van der Waals surface area (Å²) in [6.45, 7) is 3.44. The van der Waals surface area contributed by atoms with Gasteiger partial charge in [-0.15, -0.1) is 0 Å². The number of aliphatic hydroxyl groups is 1. The minimum Gasteiger partial charge on any atom is -0.457 e.